The number of urea groups is 1. The van der Waals surface area contributed by atoms with Crippen molar-refractivity contribution in [1.82, 2.24) is 10.2 Å². The minimum absolute atomic E-state index is 0.00530. The molecule has 1 fully saturated rings. The van der Waals surface area contributed by atoms with Crippen molar-refractivity contribution in [3.05, 3.63) is 41.1 Å². The van der Waals surface area contributed by atoms with E-state index in [1.165, 1.54) is 4.90 Å². The van der Waals surface area contributed by atoms with Crippen molar-refractivity contribution in [1.29, 1.82) is 0 Å². The van der Waals surface area contributed by atoms with Crippen LogP contribution in [-0.2, 0) is 14.3 Å². The number of nitrogens with one attached hydrogen (secondary N) is 2. The second-order valence-corrected chi connectivity index (χ2v) is 7.28. The molecule has 144 valence electrons. The van der Waals surface area contributed by atoms with Gasteiger partial charge < -0.3 is 20.3 Å². The predicted molar refractivity (Wildman–Crippen MR) is 101 cm³/mol. The fourth-order valence-electron chi connectivity index (χ4n) is 3.01. The van der Waals surface area contributed by atoms with Crippen molar-refractivity contribution in [2.75, 3.05) is 12.4 Å². The zero-order valence-corrected chi connectivity index (χ0v) is 16.0. The first kappa shape index (κ1) is 18.9. The van der Waals surface area contributed by atoms with Crippen molar-refractivity contribution in [2.45, 2.75) is 45.8 Å². The SMILES string of the molecule is CC1=C(C(=O)OC(C)C)C(c2cccc(NC(=O)C3CC3)c2)NC(=O)N1C. The van der Waals surface area contributed by atoms with E-state index in [0.717, 1.165) is 12.8 Å². The van der Waals surface area contributed by atoms with Crippen molar-refractivity contribution in [3.63, 3.8) is 0 Å². The minimum Gasteiger partial charge on any atom is -0.459 e. The molecule has 1 saturated carbocycles. The Morgan fingerprint density at radius 2 is 2.00 bits per heavy atom. The van der Waals surface area contributed by atoms with E-state index in [9.17, 15) is 14.4 Å². The fraction of sp³-hybridized carbons (Fsp3) is 0.450. The summed E-state index contributed by atoms with van der Waals surface area (Å²) in [5.74, 6) is -0.368. The summed E-state index contributed by atoms with van der Waals surface area (Å²) in [5.41, 5.74) is 2.28. The lowest BCUT2D eigenvalue weighted by Crippen LogP contribution is -2.46. The number of ether oxygens (including phenoxy) is 1. The number of rotatable bonds is 5. The molecule has 27 heavy (non-hydrogen) atoms. The zero-order valence-electron chi connectivity index (χ0n) is 16.0. The van der Waals surface area contributed by atoms with Gasteiger partial charge in [-0.25, -0.2) is 9.59 Å². The Morgan fingerprint density at radius 3 is 2.63 bits per heavy atom. The lowest BCUT2D eigenvalue weighted by Gasteiger charge is -2.33. The van der Waals surface area contributed by atoms with E-state index in [-0.39, 0.29) is 24.0 Å². The van der Waals surface area contributed by atoms with Crippen LogP contribution < -0.4 is 10.6 Å². The summed E-state index contributed by atoms with van der Waals surface area (Å²) in [7, 11) is 1.61. The van der Waals surface area contributed by atoms with Crippen molar-refractivity contribution in [3.8, 4) is 0 Å². The van der Waals surface area contributed by atoms with E-state index in [4.69, 9.17) is 4.74 Å². The smallest absolute Gasteiger partial charge is 0.338 e. The highest BCUT2D eigenvalue weighted by molar-refractivity contribution is 5.96. The lowest BCUT2D eigenvalue weighted by atomic mass is 9.94. The van der Waals surface area contributed by atoms with Gasteiger partial charge in [-0.15, -0.1) is 0 Å². The molecule has 3 rings (SSSR count). The van der Waals surface area contributed by atoms with Crippen LogP contribution in [0, 0.1) is 5.92 Å². The van der Waals surface area contributed by atoms with E-state index < -0.39 is 12.0 Å². The highest BCUT2D eigenvalue weighted by atomic mass is 16.5. The van der Waals surface area contributed by atoms with Crippen LogP contribution in [-0.4, -0.2) is 36.0 Å². The molecule has 0 saturated heterocycles. The van der Waals surface area contributed by atoms with Crippen LogP contribution in [0.15, 0.2) is 35.5 Å². The van der Waals surface area contributed by atoms with Crippen LogP contribution in [0.3, 0.4) is 0 Å². The van der Waals surface area contributed by atoms with Gasteiger partial charge in [0.05, 0.1) is 17.7 Å². The number of allylic oxidation sites excluding steroid dienone is 1. The monoisotopic (exact) mass is 371 g/mol. The number of hydrogen-bond donors (Lipinski definition) is 2. The third kappa shape index (κ3) is 4.13. The Kier molecular flexibility index (Phi) is 5.21. The Hall–Kier alpha value is -2.83. The highest BCUT2D eigenvalue weighted by Gasteiger charge is 2.35. The van der Waals surface area contributed by atoms with Crippen LogP contribution in [0.1, 0.15) is 45.2 Å². The molecule has 1 unspecified atom stereocenters. The standard InChI is InChI=1S/C20H25N3O4/c1-11(2)27-19(25)16-12(3)23(4)20(26)22-17(16)14-6-5-7-15(10-14)21-18(24)13-8-9-13/h5-7,10-11,13,17H,8-9H2,1-4H3,(H,21,24)(H,22,26). The molecule has 2 N–H and O–H groups in total. The fourth-order valence-corrected chi connectivity index (χ4v) is 3.01. The number of esters is 1. The van der Waals surface area contributed by atoms with Crippen LogP contribution in [0.2, 0.25) is 0 Å². The van der Waals surface area contributed by atoms with Gasteiger partial charge in [0.1, 0.15) is 0 Å². The third-order valence-electron chi connectivity index (χ3n) is 4.75. The number of nitrogens with zero attached hydrogens (tertiary/aromatic N) is 1. The molecular weight excluding hydrogens is 346 g/mol. The van der Waals surface area contributed by atoms with Crippen molar-refractivity contribution >= 4 is 23.6 Å². The first-order valence-electron chi connectivity index (χ1n) is 9.14. The Labute approximate surface area is 158 Å². The second-order valence-electron chi connectivity index (χ2n) is 7.28. The average Bonchev–Trinajstić information content (AvgIpc) is 3.44. The molecule has 1 heterocycles. The normalized spacial score (nSPS) is 19.8. The minimum atomic E-state index is -0.641. The van der Waals surface area contributed by atoms with Gasteiger partial charge in [-0.1, -0.05) is 12.1 Å². The molecule has 1 aliphatic heterocycles. The Morgan fingerprint density at radius 1 is 1.30 bits per heavy atom. The summed E-state index contributed by atoms with van der Waals surface area (Å²) in [6.45, 7) is 5.28. The van der Waals surface area contributed by atoms with E-state index >= 15 is 0 Å². The van der Waals surface area contributed by atoms with Crippen molar-refractivity contribution in [2.24, 2.45) is 5.92 Å². The average molecular weight is 371 g/mol. The number of benzene rings is 1. The molecule has 0 radical (unpaired) electrons. The Balaban J connectivity index is 1.93. The number of amides is 3. The molecule has 7 heteroatoms. The largest absolute Gasteiger partial charge is 0.459 e. The van der Waals surface area contributed by atoms with E-state index in [1.807, 2.05) is 6.07 Å². The van der Waals surface area contributed by atoms with Gasteiger partial charge in [0.2, 0.25) is 5.91 Å². The highest BCUT2D eigenvalue weighted by Crippen LogP contribution is 2.33. The van der Waals surface area contributed by atoms with Gasteiger partial charge in [0.25, 0.3) is 0 Å². The summed E-state index contributed by atoms with van der Waals surface area (Å²) in [4.78, 5) is 38.4. The molecule has 1 aromatic carbocycles. The topological polar surface area (TPSA) is 87.7 Å². The first-order chi connectivity index (χ1) is 12.8. The molecule has 1 aliphatic carbocycles. The zero-order chi connectivity index (χ0) is 19.7. The molecule has 0 bridgehead atoms. The van der Waals surface area contributed by atoms with Crippen LogP contribution >= 0.6 is 0 Å². The maximum absolute atomic E-state index is 12.7. The lowest BCUT2D eigenvalue weighted by molar-refractivity contribution is -0.143. The van der Waals surface area contributed by atoms with Gasteiger partial charge >= 0.3 is 12.0 Å². The molecular formula is C20H25N3O4. The first-order valence-corrected chi connectivity index (χ1v) is 9.14. The van der Waals surface area contributed by atoms with Gasteiger partial charge in [-0.3, -0.25) is 4.79 Å². The van der Waals surface area contributed by atoms with Crippen molar-refractivity contribution < 1.29 is 19.1 Å². The maximum Gasteiger partial charge on any atom is 0.338 e. The third-order valence-corrected chi connectivity index (χ3v) is 4.75. The van der Waals surface area contributed by atoms with Crippen LogP contribution in [0.4, 0.5) is 10.5 Å². The van der Waals surface area contributed by atoms with Crippen LogP contribution in [0.5, 0.6) is 0 Å². The second kappa shape index (κ2) is 7.42. The molecule has 0 spiro atoms. The van der Waals surface area contributed by atoms with Gasteiger partial charge in [0.15, 0.2) is 0 Å². The maximum atomic E-state index is 12.7. The molecule has 7 nitrogen and oxygen atoms in total. The number of anilines is 1. The molecule has 2 aliphatic rings. The van der Waals surface area contributed by atoms with E-state index in [1.54, 1.807) is 46.0 Å². The summed E-state index contributed by atoms with van der Waals surface area (Å²) in [5, 5.41) is 5.74. The summed E-state index contributed by atoms with van der Waals surface area (Å²) in [6.07, 6.45) is 1.57. The molecule has 0 aromatic heterocycles. The number of carbonyl (C=O) groups excluding carboxylic acids is 3. The van der Waals surface area contributed by atoms with E-state index in [0.29, 0.717) is 22.5 Å². The van der Waals surface area contributed by atoms with Gasteiger partial charge in [-0.2, -0.15) is 0 Å². The molecule has 1 atom stereocenters. The van der Waals surface area contributed by atoms with Gasteiger partial charge in [-0.05, 0) is 51.3 Å². The summed E-state index contributed by atoms with van der Waals surface area (Å²) in [6, 6.07) is 6.25. The van der Waals surface area contributed by atoms with Crippen LogP contribution in [0.25, 0.3) is 0 Å². The number of hydrogen-bond acceptors (Lipinski definition) is 4. The predicted octanol–water partition coefficient (Wildman–Crippen LogP) is 2.96. The quantitative estimate of drug-likeness (QED) is 0.779. The van der Waals surface area contributed by atoms with E-state index in [2.05, 4.69) is 10.6 Å². The summed E-state index contributed by atoms with van der Waals surface area (Å²) < 4.78 is 5.39. The molecule has 3 amide bonds. The summed E-state index contributed by atoms with van der Waals surface area (Å²) >= 11 is 0. The number of carbonyl (C=O) groups is 3. The Bertz CT molecular complexity index is 811. The molecule has 1 aromatic rings. The van der Waals surface area contributed by atoms with Gasteiger partial charge in [0, 0.05) is 24.4 Å².